The van der Waals surface area contributed by atoms with Gasteiger partial charge in [0.25, 0.3) is 0 Å². The summed E-state index contributed by atoms with van der Waals surface area (Å²) in [6.07, 6.45) is -0.187. The molecule has 0 spiro atoms. The molecule has 1 N–H and O–H groups in total. The van der Waals surface area contributed by atoms with Crippen LogP contribution < -0.4 is 0 Å². The highest BCUT2D eigenvalue weighted by Gasteiger charge is 2.45. The van der Waals surface area contributed by atoms with Gasteiger partial charge in [0.1, 0.15) is 0 Å². The molecule has 1 rings (SSSR count). The third kappa shape index (κ3) is 1.91. The number of carboxylic acids is 1. The van der Waals surface area contributed by atoms with Crippen LogP contribution in [-0.2, 0) is 9.53 Å². The highest BCUT2D eigenvalue weighted by atomic mass is 16.6. The largest absolute Gasteiger partial charge is 0.481 e. The van der Waals surface area contributed by atoms with Crippen molar-refractivity contribution in [2.75, 3.05) is 19.8 Å². The van der Waals surface area contributed by atoms with Gasteiger partial charge in [-0.05, 0) is 0 Å². The Hall–Kier alpha value is -1.17. The topological polar surface area (TPSA) is 89.7 Å². The SMILES string of the molecule is O=C(O)CC1(C[N+](=O)[O-])COC1. The zero-order valence-corrected chi connectivity index (χ0v) is 6.36. The molecular formula is C6H9NO5. The van der Waals surface area contributed by atoms with Crippen molar-refractivity contribution in [3.05, 3.63) is 10.1 Å². The number of aliphatic carboxylic acids is 1. The molecular weight excluding hydrogens is 166 g/mol. The number of carbonyl (C=O) groups is 1. The summed E-state index contributed by atoms with van der Waals surface area (Å²) in [6, 6.07) is 0. The molecule has 0 amide bonds. The van der Waals surface area contributed by atoms with Gasteiger partial charge >= 0.3 is 5.97 Å². The summed E-state index contributed by atoms with van der Waals surface area (Å²) in [5, 5.41) is 18.6. The molecule has 1 aliphatic heterocycles. The molecule has 1 fully saturated rings. The molecule has 0 bridgehead atoms. The van der Waals surface area contributed by atoms with Crippen LogP contribution in [-0.4, -0.2) is 35.8 Å². The summed E-state index contributed by atoms with van der Waals surface area (Å²) >= 11 is 0. The van der Waals surface area contributed by atoms with Crippen molar-refractivity contribution < 1.29 is 19.6 Å². The van der Waals surface area contributed by atoms with Crippen LogP contribution in [0, 0.1) is 15.5 Å². The van der Waals surface area contributed by atoms with Gasteiger partial charge in [-0.15, -0.1) is 0 Å². The molecule has 12 heavy (non-hydrogen) atoms. The molecule has 0 aromatic rings. The lowest BCUT2D eigenvalue weighted by atomic mass is 9.82. The quantitative estimate of drug-likeness (QED) is 0.470. The maximum Gasteiger partial charge on any atom is 0.304 e. The average Bonchev–Trinajstić information content (AvgIpc) is 1.80. The lowest BCUT2D eigenvalue weighted by Gasteiger charge is -2.36. The van der Waals surface area contributed by atoms with Gasteiger partial charge in [-0.2, -0.15) is 0 Å². The van der Waals surface area contributed by atoms with Gasteiger partial charge in [0.2, 0.25) is 6.54 Å². The fourth-order valence-corrected chi connectivity index (χ4v) is 1.23. The van der Waals surface area contributed by atoms with Crippen molar-refractivity contribution in [3.8, 4) is 0 Å². The summed E-state index contributed by atoms with van der Waals surface area (Å²) in [6.45, 7) is 0.0415. The van der Waals surface area contributed by atoms with Crippen LogP contribution in [0.4, 0.5) is 0 Å². The minimum atomic E-state index is -1.01. The summed E-state index contributed by atoms with van der Waals surface area (Å²) in [4.78, 5) is 20.0. The van der Waals surface area contributed by atoms with Crippen molar-refractivity contribution in [1.29, 1.82) is 0 Å². The number of carboxylic acid groups (broad SMARTS) is 1. The van der Waals surface area contributed by atoms with Crippen LogP contribution in [0.1, 0.15) is 6.42 Å². The van der Waals surface area contributed by atoms with Crippen molar-refractivity contribution in [2.45, 2.75) is 6.42 Å². The van der Waals surface area contributed by atoms with E-state index in [1.165, 1.54) is 0 Å². The molecule has 0 aromatic heterocycles. The Kier molecular flexibility index (Phi) is 2.27. The lowest BCUT2D eigenvalue weighted by molar-refractivity contribution is -0.507. The fourth-order valence-electron chi connectivity index (χ4n) is 1.23. The van der Waals surface area contributed by atoms with Crippen LogP contribution >= 0.6 is 0 Å². The summed E-state index contributed by atoms with van der Waals surface area (Å²) in [5.41, 5.74) is -0.755. The summed E-state index contributed by atoms with van der Waals surface area (Å²) in [7, 11) is 0. The van der Waals surface area contributed by atoms with Crippen molar-refractivity contribution in [1.82, 2.24) is 0 Å². The maximum atomic E-state index is 10.3. The third-order valence-corrected chi connectivity index (χ3v) is 1.81. The highest BCUT2D eigenvalue weighted by molar-refractivity contribution is 5.67. The Morgan fingerprint density at radius 3 is 2.50 bits per heavy atom. The van der Waals surface area contributed by atoms with Crippen molar-refractivity contribution in [3.63, 3.8) is 0 Å². The number of hydrogen-bond donors (Lipinski definition) is 1. The minimum absolute atomic E-state index is 0.181. The monoisotopic (exact) mass is 175 g/mol. The number of rotatable bonds is 4. The highest BCUT2D eigenvalue weighted by Crippen LogP contribution is 2.31. The lowest BCUT2D eigenvalue weighted by Crippen LogP contribution is -2.49. The van der Waals surface area contributed by atoms with E-state index in [4.69, 9.17) is 9.84 Å². The minimum Gasteiger partial charge on any atom is -0.481 e. The second kappa shape index (κ2) is 3.06. The molecule has 0 aromatic carbocycles. The molecule has 1 aliphatic rings. The van der Waals surface area contributed by atoms with Gasteiger partial charge in [-0.1, -0.05) is 0 Å². The van der Waals surface area contributed by atoms with Gasteiger partial charge in [0.15, 0.2) is 0 Å². The van der Waals surface area contributed by atoms with Crippen molar-refractivity contribution in [2.24, 2.45) is 5.41 Å². The Morgan fingerprint density at radius 1 is 1.67 bits per heavy atom. The smallest absolute Gasteiger partial charge is 0.304 e. The third-order valence-electron chi connectivity index (χ3n) is 1.81. The zero-order chi connectivity index (χ0) is 9.19. The van der Waals surface area contributed by atoms with Crippen molar-refractivity contribution >= 4 is 5.97 Å². The molecule has 0 aliphatic carbocycles. The van der Waals surface area contributed by atoms with Crippen LogP contribution in [0.15, 0.2) is 0 Å². The second-order valence-corrected chi connectivity index (χ2v) is 3.05. The Labute approximate surface area is 68.3 Å². The predicted molar refractivity (Wildman–Crippen MR) is 37.4 cm³/mol. The standard InChI is InChI=1S/C6H9NO5/c8-5(9)1-6(2-7(10)11)3-12-4-6/h1-4H2,(H,8,9). The van der Waals surface area contributed by atoms with E-state index in [0.717, 1.165) is 0 Å². The first-order valence-electron chi connectivity index (χ1n) is 3.45. The molecule has 0 radical (unpaired) electrons. The van der Waals surface area contributed by atoms with Crippen LogP contribution in [0.2, 0.25) is 0 Å². The van der Waals surface area contributed by atoms with Crippen LogP contribution in [0.25, 0.3) is 0 Å². The second-order valence-electron chi connectivity index (χ2n) is 3.05. The summed E-state index contributed by atoms with van der Waals surface area (Å²) in [5.74, 6) is -1.01. The van der Waals surface area contributed by atoms with E-state index >= 15 is 0 Å². The first-order chi connectivity index (χ1) is 5.54. The maximum absolute atomic E-state index is 10.3. The molecule has 0 atom stereocenters. The molecule has 68 valence electrons. The molecule has 0 unspecified atom stereocenters. The van der Waals surface area contributed by atoms with E-state index in [0.29, 0.717) is 0 Å². The molecule has 6 heteroatoms. The molecule has 0 saturated carbocycles. The van der Waals surface area contributed by atoms with Gasteiger partial charge in [-0.3, -0.25) is 14.9 Å². The normalized spacial score (nSPS) is 19.7. The number of nitrogens with zero attached hydrogens (tertiary/aromatic N) is 1. The first kappa shape index (κ1) is 8.92. The van der Waals surface area contributed by atoms with Gasteiger partial charge in [-0.25, -0.2) is 0 Å². The van der Waals surface area contributed by atoms with E-state index in [1.807, 2.05) is 0 Å². The average molecular weight is 175 g/mol. The first-order valence-corrected chi connectivity index (χ1v) is 3.45. The van der Waals surface area contributed by atoms with E-state index in [9.17, 15) is 14.9 Å². The Balaban J connectivity index is 2.50. The molecule has 6 nitrogen and oxygen atoms in total. The number of hydrogen-bond acceptors (Lipinski definition) is 4. The fraction of sp³-hybridized carbons (Fsp3) is 0.833. The molecule has 1 saturated heterocycles. The van der Waals surface area contributed by atoms with E-state index < -0.39 is 16.3 Å². The molecule has 1 heterocycles. The van der Waals surface area contributed by atoms with Crippen LogP contribution in [0.5, 0.6) is 0 Å². The predicted octanol–water partition coefficient (Wildman–Crippen LogP) is -0.246. The van der Waals surface area contributed by atoms with Gasteiger partial charge < -0.3 is 9.84 Å². The van der Waals surface area contributed by atoms with Gasteiger partial charge in [0, 0.05) is 4.92 Å². The van der Waals surface area contributed by atoms with E-state index in [1.54, 1.807) is 0 Å². The van der Waals surface area contributed by atoms with E-state index in [2.05, 4.69) is 0 Å². The Morgan fingerprint density at radius 2 is 2.25 bits per heavy atom. The van der Waals surface area contributed by atoms with E-state index in [-0.39, 0.29) is 26.2 Å². The zero-order valence-electron chi connectivity index (χ0n) is 6.36. The van der Waals surface area contributed by atoms with Crippen LogP contribution in [0.3, 0.4) is 0 Å². The Bertz CT molecular complexity index is 192. The summed E-state index contributed by atoms with van der Waals surface area (Å²) < 4.78 is 4.77. The number of nitro groups is 1. The number of ether oxygens (including phenoxy) is 1. The van der Waals surface area contributed by atoms with Gasteiger partial charge in [0.05, 0.1) is 25.0 Å².